The highest BCUT2D eigenvalue weighted by atomic mass is 16.1. The Hall–Kier alpha value is -3.15. The third-order valence-electron chi connectivity index (χ3n) is 4.41. The van der Waals surface area contributed by atoms with Crippen molar-refractivity contribution >= 4 is 17.1 Å². The maximum absolute atomic E-state index is 12.7. The number of H-pyrrole nitrogens is 1. The summed E-state index contributed by atoms with van der Waals surface area (Å²) < 4.78 is 1.47. The molecule has 128 valence electrons. The highest BCUT2D eigenvalue weighted by Crippen LogP contribution is 2.32. The van der Waals surface area contributed by atoms with Crippen molar-refractivity contribution in [2.75, 3.05) is 5.73 Å². The number of rotatable bonds is 3. The highest BCUT2D eigenvalue weighted by molar-refractivity contribution is 5.66. The zero-order valence-electron chi connectivity index (χ0n) is 14.8. The molecule has 6 heteroatoms. The Morgan fingerprint density at radius 2 is 1.60 bits per heavy atom. The second-order valence-electron chi connectivity index (χ2n) is 6.14. The van der Waals surface area contributed by atoms with E-state index in [1.807, 2.05) is 57.2 Å². The van der Waals surface area contributed by atoms with Crippen LogP contribution < -0.4 is 11.3 Å². The lowest BCUT2D eigenvalue weighted by Gasteiger charge is -2.09. The second kappa shape index (κ2) is 6.39. The van der Waals surface area contributed by atoms with Crippen LogP contribution >= 0.6 is 0 Å². The summed E-state index contributed by atoms with van der Waals surface area (Å²) in [5.41, 5.74) is 11.8. The third-order valence-corrected chi connectivity index (χ3v) is 4.41. The van der Waals surface area contributed by atoms with Gasteiger partial charge in [-0.3, -0.25) is 9.89 Å². The van der Waals surface area contributed by atoms with Crippen LogP contribution in [0.15, 0.2) is 51.4 Å². The first-order chi connectivity index (χ1) is 11.9. The van der Waals surface area contributed by atoms with Crippen LogP contribution in [0.5, 0.6) is 0 Å². The van der Waals surface area contributed by atoms with Crippen molar-refractivity contribution in [2.24, 2.45) is 10.2 Å². The quantitative estimate of drug-likeness (QED) is 0.549. The largest absolute Gasteiger partial charge is 0.398 e. The fourth-order valence-corrected chi connectivity index (χ4v) is 2.72. The normalized spacial score (nSPS) is 11.4. The van der Waals surface area contributed by atoms with E-state index in [4.69, 9.17) is 5.73 Å². The number of nitrogens with zero attached hydrogens (tertiary/aromatic N) is 3. The number of nitrogens with one attached hydrogen (secondary N) is 1. The van der Waals surface area contributed by atoms with Gasteiger partial charge in [0.25, 0.3) is 5.56 Å². The number of hydrogen-bond acceptors (Lipinski definition) is 4. The maximum atomic E-state index is 12.7. The van der Waals surface area contributed by atoms with E-state index in [2.05, 4.69) is 15.3 Å². The number of anilines is 1. The van der Waals surface area contributed by atoms with Gasteiger partial charge in [-0.25, -0.2) is 4.68 Å². The van der Waals surface area contributed by atoms with Crippen molar-refractivity contribution in [2.45, 2.75) is 27.7 Å². The van der Waals surface area contributed by atoms with E-state index in [1.165, 1.54) is 4.68 Å². The summed E-state index contributed by atoms with van der Waals surface area (Å²) in [6, 6.07) is 11.3. The minimum Gasteiger partial charge on any atom is -0.398 e. The molecule has 1 heterocycles. The van der Waals surface area contributed by atoms with Crippen LogP contribution in [0, 0.1) is 27.7 Å². The van der Waals surface area contributed by atoms with Crippen LogP contribution in [0.2, 0.25) is 0 Å². The molecule has 3 aromatic rings. The number of para-hydroxylation sites is 1. The van der Waals surface area contributed by atoms with E-state index in [9.17, 15) is 4.79 Å². The maximum Gasteiger partial charge on any atom is 0.299 e. The van der Waals surface area contributed by atoms with Crippen LogP contribution in [0.25, 0.3) is 5.69 Å². The molecule has 0 amide bonds. The molecule has 0 fully saturated rings. The molecule has 0 atom stereocenters. The van der Waals surface area contributed by atoms with Gasteiger partial charge in [-0.1, -0.05) is 18.2 Å². The van der Waals surface area contributed by atoms with Gasteiger partial charge in [0.05, 0.1) is 17.1 Å². The van der Waals surface area contributed by atoms with E-state index in [0.29, 0.717) is 22.8 Å². The van der Waals surface area contributed by atoms with Crippen molar-refractivity contribution in [1.82, 2.24) is 9.78 Å². The number of aromatic nitrogens is 2. The zero-order valence-corrected chi connectivity index (χ0v) is 14.8. The fraction of sp³-hybridized carbons (Fsp3) is 0.211. The number of aromatic amines is 1. The Balaban J connectivity index is 2.08. The molecular weight excluding hydrogens is 314 g/mol. The monoisotopic (exact) mass is 335 g/mol. The minimum atomic E-state index is -0.233. The van der Waals surface area contributed by atoms with Crippen molar-refractivity contribution in [3.8, 4) is 5.69 Å². The van der Waals surface area contributed by atoms with Crippen LogP contribution in [0.4, 0.5) is 17.1 Å². The predicted octanol–water partition coefficient (Wildman–Crippen LogP) is 4.40. The Labute approximate surface area is 146 Å². The molecule has 25 heavy (non-hydrogen) atoms. The van der Waals surface area contributed by atoms with Crippen molar-refractivity contribution in [3.05, 3.63) is 69.1 Å². The lowest BCUT2D eigenvalue weighted by atomic mass is 10.0. The molecule has 0 spiro atoms. The van der Waals surface area contributed by atoms with Crippen molar-refractivity contribution in [1.29, 1.82) is 0 Å². The molecule has 0 saturated carbocycles. The van der Waals surface area contributed by atoms with Gasteiger partial charge in [0, 0.05) is 5.69 Å². The predicted molar refractivity (Wildman–Crippen MR) is 100 cm³/mol. The molecule has 0 aliphatic heterocycles. The summed E-state index contributed by atoms with van der Waals surface area (Å²) in [6.07, 6.45) is 0. The summed E-state index contributed by atoms with van der Waals surface area (Å²) in [6.45, 7) is 7.66. The van der Waals surface area contributed by atoms with Gasteiger partial charge in [-0.2, -0.15) is 0 Å². The first kappa shape index (κ1) is 16.7. The van der Waals surface area contributed by atoms with Gasteiger partial charge < -0.3 is 5.73 Å². The Bertz CT molecular complexity index is 986. The first-order valence-electron chi connectivity index (χ1n) is 8.05. The highest BCUT2D eigenvalue weighted by Gasteiger charge is 2.13. The number of azo groups is 1. The molecule has 3 N–H and O–H groups in total. The molecule has 0 radical (unpaired) electrons. The molecule has 0 aliphatic rings. The van der Waals surface area contributed by atoms with E-state index in [1.54, 1.807) is 6.92 Å². The number of aryl methyl sites for hydroxylation is 2. The van der Waals surface area contributed by atoms with E-state index < -0.39 is 0 Å². The number of hydrogen-bond donors (Lipinski definition) is 2. The second-order valence-corrected chi connectivity index (χ2v) is 6.14. The Kier molecular flexibility index (Phi) is 4.27. The molecular formula is C19H21N5O. The first-order valence-corrected chi connectivity index (χ1v) is 8.05. The number of nitrogens with two attached hydrogens (primary N) is 1. The summed E-state index contributed by atoms with van der Waals surface area (Å²) in [7, 11) is 0. The Morgan fingerprint density at radius 3 is 2.28 bits per heavy atom. The average molecular weight is 335 g/mol. The van der Waals surface area contributed by atoms with Gasteiger partial charge in [0.2, 0.25) is 0 Å². The standard InChI is InChI=1S/C19H21N5O/c1-11-10-16(20)13(3)17(12(11)2)21-22-18-14(4)23-24(19(18)25)15-8-6-5-7-9-15/h5-10,23H,20H2,1-4H3. The van der Waals surface area contributed by atoms with Gasteiger partial charge in [-0.05, 0) is 62.6 Å². The van der Waals surface area contributed by atoms with Gasteiger partial charge in [-0.15, -0.1) is 10.2 Å². The SMILES string of the molecule is Cc1cc(N)c(C)c(N=Nc2c(C)[nH]n(-c3ccccc3)c2=O)c1C. The lowest BCUT2D eigenvalue weighted by Crippen LogP contribution is -2.13. The van der Waals surface area contributed by atoms with Crippen molar-refractivity contribution < 1.29 is 0 Å². The fourth-order valence-electron chi connectivity index (χ4n) is 2.72. The minimum absolute atomic E-state index is 0.233. The smallest absolute Gasteiger partial charge is 0.299 e. The van der Waals surface area contributed by atoms with Gasteiger partial charge in [0.1, 0.15) is 0 Å². The molecule has 1 aromatic heterocycles. The summed E-state index contributed by atoms with van der Waals surface area (Å²) in [5.74, 6) is 0. The lowest BCUT2D eigenvalue weighted by molar-refractivity contribution is 0.835. The topological polar surface area (TPSA) is 88.5 Å². The molecule has 0 saturated heterocycles. The summed E-state index contributed by atoms with van der Waals surface area (Å²) in [4.78, 5) is 12.7. The van der Waals surface area contributed by atoms with Crippen LogP contribution in [-0.4, -0.2) is 9.78 Å². The zero-order chi connectivity index (χ0) is 18.1. The Morgan fingerprint density at radius 1 is 0.960 bits per heavy atom. The van der Waals surface area contributed by atoms with Gasteiger partial charge in [0.15, 0.2) is 5.69 Å². The number of benzene rings is 2. The molecule has 3 rings (SSSR count). The number of nitrogen functional groups attached to an aromatic ring is 1. The van der Waals surface area contributed by atoms with E-state index >= 15 is 0 Å². The van der Waals surface area contributed by atoms with Crippen LogP contribution in [-0.2, 0) is 0 Å². The molecule has 6 nitrogen and oxygen atoms in total. The van der Waals surface area contributed by atoms with E-state index in [0.717, 1.165) is 22.4 Å². The van der Waals surface area contributed by atoms with E-state index in [-0.39, 0.29) is 5.56 Å². The van der Waals surface area contributed by atoms with Crippen molar-refractivity contribution in [3.63, 3.8) is 0 Å². The molecule has 0 bridgehead atoms. The summed E-state index contributed by atoms with van der Waals surface area (Å²) >= 11 is 0. The molecule has 0 aliphatic carbocycles. The molecule has 2 aromatic carbocycles. The molecule has 0 unspecified atom stereocenters. The third kappa shape index (κ3) is 2.98. The average Bonchev–Trinajstić information content (AvgIpc) is 2.88. The van der Waals surface area contributed by atoms with Crippen LogP contribution in [0.1, 0.15) is 22.4 Å². The summed E-state index contributed by atoms with van der Waals surface area (Å²) in [5, 5.41) is 11.6. The van der Waals surface area contributed by atoms with Crippen LogP contribution in [0.3, 0.4) is 0 Å². The van der Waals surface area contributed by atoms with Gasteiger partial charge >= 0.3 is 0 Å².